The fourth-order valence-electron chi connectivity index (χ4n) is 1.14. The van der Waals surface area contributed by atoms with Crippen molar-refractivity contribution in [3.05, 3.63) is 28.6 Å². The highest BCUT2D eigenvalue weighted by Gasteiger charge is 2.10. The van der Waals surface area contributed by atoms with Gasteiger partial charge in [0.2, 0.25) is 5.28 Å². The fourth-order valence-corrected chi connectivity index (χ4v) is 1.96. The maximum absolute atomic E-state index is 5.85. The van der Waals surface area contributed by atoms with E-state index in [4.69, 9.17) is 11.6 Å². The molecule has 2 heterocycles. The summed E-state index contributed by atoms with van der Waals surface area (Å²) in [5, 5.41) is 2.25. The minimum atomic E-state index is 0.254. The third-order valence-electron chi connectivity index (χ3n) is 1.88. The van der Waals surface area contributed by atoms with Crippen LogP contribution >= 0.6 is 22.9 Å². The second-order valence-electron chi connectivity index (χ2n) is 3.42. The molecule has 5 heteroatoms. The largest absolute Gasteiger partial charge is 0.226 e. The Morgan fingerprint density at radius 3 is 2.67 bits per heavy atom. The third kappa shape index (κ3) is 2.33. The zero-order valence-electron chi connectivity index (χ0n) is 8.44. The average molecular weight is 240 g/mol. The monoisotopic (exact) mass is 239 g/mol. The molecule has 3 nitrogen and oxygen atoms in total. The first-order valence-electron chi connectivity index (χ1n) is 4.62. The van der Waals surface area contributed by atoms with Gasteiger partial charge in [0.1, 0.15) is 5.82 Å². The molecule has 0 aliphatic rings. The van der Waals surface area contributed by atoms with Gasteiger partial charge in [-0.2, -0.15) is 4.98 Å². The molecule has 2 aromatic heterocycles. The van der Waals surface area contributed by atoms with E-state index in [2.05, 4.69) is 15.0 Å². The van der Waals surface area contributed by atoms with E-state index in [9.17, 15) is 0 Å². The Bertz CT molecular complexity index is 454. The van der Waals surface area contributed by atoms with Crippen molar-refractivity contribution in [2.24, 2.45) is 0 Å². The average Bonchev–Trinajstić information content (AvgIpc) is 2.69. The standard InChI is InChI=1S/C10H10ClN3S/c1-6(2)8-12-9(14-10(11)13-8)7-4-3-5-15-7/h3-6H,1-2H3. The van der Waals surface area contributed by atoms with Crippen molar-refractivity contribution in [2.75, 3.05) is 0 Å². The van der Waals surface area contributed by atoms with E-state index in [1.807, 2.05) is 31.4 Å². The van der Waals surface area contributed by atoms with Gasteiger partial charge in [-0.15, -0.1) is 11.3 Å². The molecular weight excluding hydrogens is 230 g/mol. The number of thiophene rings is 1. The highest BCUT2D eigenvalue weighted by atomic mass is 35.5. The summed E-state index contributed by atoms with van der Waals surface area (Å²) < 4.78 is 0. The molecule has 0 radical (unpaired) electrons. The topological polar surface area (TPSA) is 38.7 Å². The van der Waals surface area contributed by atoms with Gasteiger partial charge in [-0.25, -0.2) is 9.97 Å². The molecule has 0 aliphatic heterocycles. The summed E-state index contributed by atoms with van der Waals surface area (Å²) >= 11 is 7.45. The van der Waals surface area contributed by atoms with E-state index >= 15 is 0 Å². The lowest BCUT2D eigenvalue weighted by molar-refractivity contribution is 0.763. The first kappa shape index (κ1) is 10.5. The van der Waals surface area contributed by atoms with Gasteiger partial charge in [-0.3, -0.25) is 0 Å². The van der Waals surface area contributed by atoms with Crippen LogP contribution in [0.15, 0.2) is 17.5 Å². The Balaban J connectivity index is 2.49. The maximum atomic E-state index is 5.85. The lowest BCUT2D eigenvalue weighted by Gasteiger charge is -2.04. The number of aromatic nitrogens is 3. The Morgan fingerprint density at radius 2 is 2.07 bits per heavy atom. The predicted octanol–water partition coefficient (Wildman–Crippen LogP) is 3.38. The van der Waals surface area contributed by atoms with E-state index in [1.54, 1.807) is 11.3 Å². The summed E-state index contributed by atoms with van der Waals surface area (Å²) in [5.41, 5.74) is 0. The Labute approximate surface area is 97.2 Å². The quantitative estimate of drug-likeness (QED) is 0.807. The molecule has 0 amide bonds. The van der Waals surface area contributed by atoms with Crippen LogP contribution in [0.1, 0.15) is 25.6 Å². The Hall–Kier alpha value is -1.00. The summed E-state index contributed by atoms with van der Waals surface area (Å²) in [6.45, 7) is 4.06. The summed E-state index contributed by atoms with van der Waals surface area (Å²) in [7, 11) is 0. The van der Waals surface area contributed by atoms with Crippen LogP contribution in [0.4, 0.5) is 0 Å². The van der Waals surface area contributed by atoms with Gasteiger partial charge in [0, 0.05) is 5.92 Å². The number of nitrogens with zero attached hydrogens (tertiary/aromatic N) is 3. The van der Waals surface area contributed by atoms with Crippen LogP contribution < -0.4 is 0 Å². The smallest absolute Gasteiger partial charge is 0.212 e. The molecule has 0 aromatic carbocycles. The van der Waals surface area contributed by atoms with Crippen LogP contribution in [-0.2, 0) is 0 Å². The highest BCUT2D eigenvalue weighted by Crippen LogP contribution is 2.23. The summed E-state index contributed by atoms with van der Waals surface area (Å²) in [4.78, 5) is 13.6. The van der Waals surface area contributed by atoms with Crippen LogP contribution in [0.3, 0.4) is 0 Å². The molecule has 0 aliphatic carbocycles. The Morgan fingerprint density at radius 1 is 1.27 bits per heavy atom. The van der Waals surface area contributed by atoms with Gasteiger partial charge in [0.05, 0.1) is 4.88 Å². The van der Waals surface area contributed by atoms with Gasteiger partial charge >= 0.3 is 0 Å². The molecule has 0 atom stereocenters. The molecule has 0 N–H and O–H groups in total. The van der Waals surface area contributed by atoms with Crippen LogP contribution in [0.2, 0.25) is 5.28 Å². The molecule has 0 spiro atoms. The molecular formula is C10H10ClN3S. The molecule has 15 heavy (non-hydrogen) atoms. The van der Waals surface area contributed by atoms with Gasteiger partial charge < -0.3 is 0 Å². The van der Waals surface area contributed by atoms with Crippen LogP contribution in [0.25, 0.3) is 10.7 Å². The van der Waals surface area contributed by atoms with Crippen molar-refractivity contribution in [2.45, 2.75) is 19.8 Å². The second kappa shape index (κ2) is 4.24. The van der Waals surface area contributed by atoms with Gasteiger partial charge in [0.15, 0.2) is 5.82 Å². The zero-order valence-corrected chi connectivity index (χ0v) is 10.0. The number of hydrogen-bond acceptors (Lipinski definition) is 4. The minimum absolute atomic E-state index is 0.254. The van der Waals surface area contributed by atoms with Crippen molar-refractivity contribution >= 4 is 22.9 Å². The second-order valence-corrected chi connectivity index (χ2v) is 4.70. The lowest BCUT2D eigenvalue weighted by Crippen LogP contribution is -2.01. The van der Waals surface area contributed by atoms with Gasteiger partial charge in [-0.1, -0.05) is 19.9 Å². The van der Waals surface area contributed by atoms with Crippen LogP contribution in [0, 0.1) is 0 Å². The Kier molecular flexibility index (Phi) is 2.98. The number of halogens is 1. The van der Waals surface area contributed by atoms with E-state index in [0.717, 1.165) is 10.7 Å². The van der Waals surface area contributed by atoms with E-state index < -0.39 is 0 Å². The first-order chi connectivity index (χ1) is 7.16. The van der Waals surface area contributed by atoms with Crippen LogP contribution in [-0.4, -0.2) is 15.0 Å². The molecule has 2 aromatic rings. The van der Waals surface area contributed by atoms with Gasteiger partial charge in [0.25, 0.3) is 0 Å². The number of hydrogen-bond donors (Lipinski definition) is 0. The van der Waals surface area contributed by atoms with Crippen molar-refractivity contribution in [3.63, 3.8) is 0 Å². The molecule has 0 bridgehead atoms. The summed E-state index contributed by atoms with van der Waals surface area (Å²) in [5.74, 6) is 1.65. The predicted molar refractivity (Wildman–Crippen MR) is 62.2 cm³/mol. The third-order valence-corrected chi connectivity index (χ3v) is 2.92. The van der Waals surface area contributed by atoms with Gasteiger partial charge in [-0.05, 0) is 23.0 Å². The SMILES string of the molecule is CC(C)c1nc(Cl)nc(-c2cccs2)n1. The molecule has 0 saturated heterocycles. The molecule has 2 rings (SSSR count). The molecule has 78 valence electrons. The van der Waals surface area contributed by atoms with E-state index in [1.165, 1.54) is 0 Å². The summed E-state index contributed by atoms with van der Waals surface area (Å²) in [6.07, 6.45) is 0. The normalized spacial score (nSPS) is 10.9. The van der Waals surface area contributed by atoms with Crippen molar-refractivity contribution in [1.82, 2.24) is 15.0 Å². The number of rotatable bonds is 2. The molecule has 0 saturated carbocycles. The first-order valence-corrected chi connectivity index (χ1v) is 5.88. The zero-order chi connectivity index (χ0) is 10.8. The minimum Gasteiger partial charge on any atom is -0.212 e. The van der Waals surface area contributed by atoms with Crippen molar-refractivity contribution < 1.29 is 0 Å². The maximum Gasteiger partial charge on any atom is 0.226 e. The van der Waals surface area contributed by atoms with Crippen molar-refractivity contribution in [1.29, 1.82) is 0 Å². The molecule has 0 unspecified atom stereocenters. The highest BCUT2D eigenvalue weighted by molar-refractivity contribution is 7.13. The summed E-state index contributed by atoms with van der Waals surface area (Å²) in [6, 6.07) is 3.94. The van der Waals surface area contributed by atoms with Crippen molar-refractivity contribution in [3.8, 4) is 10.7 Å². The molecule has 0 fully saturated rings. The fraction of sp³-hybridized carbons (Fsp3) is 0.300. The van der Waals surface area contributed by atoms with E-state index in [0.29, 0.717) is 5.82 Å². The van der Waals surface area contributed by atoms with Crippen LogP contribution in [0.5, 0.6) is 0 Å². The van der Waals surface area contributed by atoms with E-state index in [-0.39, 0.29) is 11.2 Å². The lowest BCUT2D eigenvalue weighted by atomic mass is 10.2.